The molecule has 2 fully saturated rings. The van der Waals surface area contributed by atoms with Gasteiger partial charge in [0.15, 0.2) is 0 Å². The molecule has 0 N–H and O–H groups in total. The SMILES string of the molecule is Cc1cc(C)c(-c2ccc3c(c2)c2ccc(N4CCCC4)c4c5ccc(-c6c(C)cc(C)cc6C)cc5c5ccc(N6CCCC6)c3c5c24)c(C)c1. The maximum Gasteiger partial charge on any atom is 0.0452 e. The zero-order chi connectivity index (χ0) is 35.4. The Hall–Kier alpha value is -5.08. The van der Waals surface area contributed by atoms with Crippen LogP contribution >= 0.6 is 0 Å². The summed E-state index contributed by atoms with van der Waals surface area (Å²) in [5.41, 5.74) is 16.2. The van der Waals surface area contributed by atoms with E-state index in [1.165, 1.54) is 147 Å². The zero-order valence-electron chi connectivity index (χ0n) is 31.6. The molecule has 0 aromatic heterocycles. The van der Waals surface area contributed by atoms with Crippen molar-refractivity contribution in [2.75, 3.05) is 36.0 Å². The first-order valence-electron chi connectivity index (χ1n) is 19.6. The van der Waals surface area contributed by atoms with Crippen molar-refractivity contribution in [1.29, 1.82) is 0 Å². The molecule has 0 saturated carbocycles. The number of rotatable bonds is 4. The van der Waals surface area contributed by atoms with Crippen molar-refractivity contribution in [2.24, 2.45) is 0 Å². The highest BCUT2D eigenvalue weighted by atomic mass is 15.1. The van der Waals surface area contributed by atoms with E-state index in [2.05, 4.69) is 136 Å². The van der Waals surface area contributed by atoms with Crippen LogP contribution in [0.3, 0.4) is 0 Å². The zero-order valence-corrected chi connectivity index (χ0v) is 31.6. The fourth-order valence-corrected chi connectivity index (χ4v) is 10.7. The molecule has 10 rings (SSSR count). The molecule has 52 heavy (non-hydrogen) atoms. The average molecular weight is 677 g/mol. The molecule has 2 aliphatic heterocycles. The minimum atomic E-state index is 1.13. The molecule has 0 aliphatic carbocycles. The maximum atomic E-state index is 2.67. The molecule has 0 unspecified atom stereocenters. The maximum absolute atomic E-state index is 2.67. The molecule has 258 valence electrons. The summed E-state index contributed by atoms with van der Waals surface area (Å²) in [4.78, 5) is 5.34. The highest BCUT2D eigenvalue weighted by Crippen LogP contribution is 2.52. The summed E-state index contributed by atoms with van der Waals surface area (Å²) in [6.45, 7) is 18.0. The molecule has 2 aliphatic rings. The van der Waals surface area contributed by atoms with Gasteiger partial charge in [0.1, 0.15) is 0 Å². The van der Waals surface area contributed by atoms with E-state index in [4.69, 9.17) is 0 Å². The van der Waals surface area contributed by atoms with Gasteiger partial charge in [0, 0.05) is 59.1 Å². The van der Waals surface area contributed by atoms with E-state index in [1.807, 2.05) is 0 Å². The van der Waals surface area contributed by atoms with Crippen LogP contribution in [0.2, 0.25) is 0 Å². The van der Waals surface area contributed by atoms with Crippen LogP contribution in [0, 0.1) is 41.5 Å². The molecular weight excluding hydrogens is 629 g/mol. The molecule has 2 saturated heterocycles. The van der Waals surface area contributed by atoms with Gasteiger partial charge in [-0.2, -0.15) is 0 Å². The minimum absolute atomic E-state index is 1.13. The Balaban J connectivity index is 1.39. The van der Waals surface area contributed by atoms with Crippen molar-refractivity contribution in [2.45, 2.75) is 67.2 Å². The van der Waals surface area contributed by atoms with E-state index in [0.717, 1.165) is 26.2 Å². The van der Waals surface area contributed by atoms with Gasteiger partial charge < -0.3 is 9.80 Å². The topological polar surface area (TPSA) is 6.48 Å². The first-order chi connectivity index (χ1) is 25.3. The molecule has 0 atom stereocenters. The van der Waals surface area contributed by atoms with Crippen molar-refractivity contribution in [3.63, 3.8) is 0 Å². The van der Waals surface area contributed by atoms with Crippen molar-refractivity contribution < 1.29 is 0 Å². The third kappa shape index (κ3) is 4.62. The molecule has 8 aromatic carbocycles. The highest BCUT2D eigenvalue weighted by Gasteiger charge is 2.26. The Morgan fingerprint density at radius 1 is 0.346 bits per heavy atom. The molecular formula is C50H48N2. The number of anilines is 2. The average Bonchev–Trinajstić information content (AvgIpc) is 3.86. The van der Waals surface area contributed by atoms with E-state index in [1.54, 1.807) is 0 Å². The predicted molar refractivity (Wildman–Crippen MR) is 227 cm³/mol. The van der Waals surface area contributed by atoms with E-state index in [0.29, 0.717) is 0 Å². The molecule has 0 spiro atoms. The third-order valence-corrected chi connectivity index (χ3v) is 12.6. The fourth-order valence-electron chi connectivity index (χ4n) is 10.7. The predicted octanol–water partition coefficient (Wildman–Crippen LogP) is 13.3. The van der Waals surface area contributed by atoms with Gasteiger partial charge in [-0.25, -0.2) is 0 Å². The number of nitrogens with zero attached hydrogens (tertiary/aromatic N) is 2. The van der Waals surface area contributed by atoms with Gasteiger partial charge in [-0.15, -0.1) is 0 Å². The van der Waals surface area contributed by atoms with Gasteiger partial charge in [0.05, 0.1) is 0 Å². The van der Waals surface area contributed by atoms with Crippen molar-refractivity contribution >= 4 is 65.2 Å². The summed E-state index contributed by atoms with van der Waals surface area (Å²) in [5.74, 6) is 0. The number of aryl methyl sites for hydroxylation is 6. The lowest BCUT2D eigenvalue weighted by atomic mass is 9.82. The second-order valence-electron chi connectivity index (χ2n) is 16.2. The lowest BCUT2D eigenvalue weighted by molar-refractivity contribution is 0.949. The van der Waals surface area contributed by atoms with Gasteiger partial charge >= 0.3 is 0 Å². The van der Waals surface area contributed by atoms with E-state index in [-0.39, 0.29) is 0 Å². The Morgan fingerprint density at radius 3 is 1.04 bits per heavy atom. The summed E-state index contributed by atoms with van der Waals surface area (Å²) < 4.78 is 0. The van der Waals surface area contributed by atoms with E-state index >= 15 is 0 Å². The van der Waals surface area contributed by atoms with Crippen molar-refractivity contribution in [3.05, 3.63) is 118 Å². The summed E-state index contributed by atoms with van der Waals surface area (Å²) in [5, 5.41) is 14.0. The van der Waals surface area contributed by atoms with Crippen LogP contribution < -0.4 is 9.80 Å². The van der Waals surface area contributed by atoms with Crippen LogP contribution in [-0.2, 0) is 0 Å². The standard InChI is InChI=1S/C50H48N2/c1-29-23-31(3)45(32(4)24-29)35-11-13-37-41(27-35)39-15-17-44(52-21-9-10-22-52)48-38-14-12-36(46-33(5)25-30(2)26-34(46)6)28-42(38)40-16-18-43(51-19-7-8-20-51)47(37)50(40)49(39)48/h11-18,23-28H,7-10,19-22H2,1-6H3. The van der Waals surface area contributed by atoms with Crippen LogP contribution in [0.1, 0.15) is 59.1 Å². The molecule has 0 amide bonds. The lowest BCUT2D eigenvalue weighted by Gasteiger charge is -2.27. The Bertz CT molecular complexity index is 2520. The summed E-state index contributed by atoms with van der Waals surface area (Å²) in [7, 11) is 0. The fraction of sp³-hybridized carbons (Fsp3) is 0.280. The van der Waals surface area contributed by atoms with Crippen LogP contribution in [0.5, 0.6) is 0 Å². The second-order valence-corrected chi connectivity index (χ2v) is 16.2. The third-order valence-electron chi connectivity index (χ3n) is 12.6. The van der Waals surface area contributed by atoms with E-state index in [9.17, 15) is 0 Å². The lowest BCUT2D eigenvalue weighted by Crippen LogP contribution is -2.18. The van der Waals surface area contributed by atoms with Gasteiger partial charge in [0.2, 0.25) is 0 Å². The monoisotopic (exact) mass is 676 g/mol. The Kier molecular flexibility index (Phi) is 7.13. The quantitative estimate of drug-likeness (QED) is 0.135. The van der Waals surface area contributed by atoms with Gasteiger partial charge in [-0.05, 0) is 168 Å². The summed E-state index contributed by atoms with van der Waals surface area (Å²) in [6.07, 6.45) is 5.04. The number of fused-ring (bicyclic) bond motifs is 6. The van der Waals surface area contributed by atoms with Gasteiger partial charge in [0.25, 0.3) is 0 Å². The summed E-state index contributed by atoms with van der Waals surface area (Å²) >= 11 is 0. The molecule has 2 nitrogen and oxygen atoms in total. The minimum Gasteiger partial charge on any atom is -0.371 e. The van der Waals surface area contributed by atoms with Crippen LogP contribution in [0.25, 0.3) is 76.1 Å². The Morgan fingerprint density at radius 2 is 0.673 bits per heavy atom. The highest BCUT2D eigenvalue weighted by molar-refractivity contribution is 6.43. The first-order valence-corrected chi connectivity index (χ1v) is 19.6. The van der Waals surface area contributed by atoms with Crippen molar-refractivity contribution in [3.8, 4) is 22.3 Å². The summed E-state index contributed by atoms with van der Waals surface area (Å²) in [6, 6.07) is 34.0. The second kappa shape index (κ2) is 11.7. The van der Waals surface area contributed by atoms with Crippen LogP contribution in [0.15, 0.2) is 84.9 Å². The number of hydrogen-bond acceptors (Lipinski definition) is 2. The number of benzene rings is 8. The molecule has 2 heterocycles. The smallest absolute Gasteiger partial charge is 0.0452 e. The normalized spacial score (nSPS) is 15.2. The molecule has 0 radical (unpaired) electrons. The van der Waals surface area contributed by atoms with Gasteiger partial charge in [-0.1, -0.05) is 71.8 Å². The largest absolute Gasteiger partial charge is 0.371 e. The van der Waals surface area contributed by atoms with Gasteiger partial charge in [-0.3, -0.25) is 0 Å². The molecule has 2 heteroatoms. The van der Waals surface area contributed by atoms with Crippen molar-refractivity contribution in [1.82, 2.24) is 0 Å². The number of hydrogen-bond donors (Lipinski definition) is 0. The van der Waals surface area contributed by atoms with E-state index < -0.39 is 0 Å². The molecule has 0 bridgehead atoms. The first kappa shape index (κ1) is 31.6. The Labute approximate surface area is 308 Å². The van der Waals surface area contributed by atoms with Crippen LogP contribution in [0.4, 0.5) is 11.4 Å². The molecule has 8 aromatic rings. The van der Waals surface area contributed by atoms with Crippen LogP contribution in [-0.4, -0.2) is 26.2 Å².